The molecular formula is C17H26N2O. The SMILES string of the molecule is CC(C)[C@@H](C)NC(=O)c1ccc(N2CCCCC2)cc1. The van der Waals surface area contributed by atoms with Crippen LogP contribution in [-0.4, -0.2) is 25.0 Å². The zero-order valence-corrected chi connectivity index (χ0v) is 12.9. The fourth-order valence-electron chi connectivity index (χ4n) is 2.43. The molecule has 0 aromatic heterocycles. The molecule has 1 aliphatic heterocycles. The lowest BCUT2D eigenvalue weighted by Crippen LogP contribution is -2.36. The third-order valence-electron chi connectivity index (χ3n) is 4.21. The Morgan fingerprint density at radius 2 is 1.65 bits per heavy atom. The van der Waals surface area contributed by atoms with Crippen molar-refractivity contribution in [1.82, 2.24) is 5.32 Å². The van der Waals surface area contributed by atoms with Crippen LogP contribution in [0.2, 0.25) is 0 Å². The van der Waals surface area contributed by atoms with Crippen LogP contribution in [0, 0.1) is 5.92 Å². The minimum atomic E-state index is 0.0244. The van der Waals surface area contributed by atoms with Crippen LogP contribution >= 0.6 is 0 Å². The van der Waals surface area contributed by atoms with Gasteiger partial charge < -0.3 is 10.2 Å². The van der Waals surface area contributed by atoms with E-state index in [2.05, 4.69) is 36.2 Å². The highest BCUT2D eigenvalue weighted by Gasteiger charge is 2.14. The van der Waals surface area contributed by atoms with Crippen molar-refractivity contribution in [2.24, 2.45) is 5.92 Å². The number of carbonyl (C=O) groups excluding carboxylic acids is 1. The van der Waals surface area contributed by atoms with E-state index < -0.39 is 0 Å². The van der Waals surface area contributed by atoms with Gasteiger partial charge in [0.2, 0.25) is 0 Å². The molecule has 2 rings (SSSR count). The van der Waals surface area contributed by atoms with Gasteiger partial charge in [0.25, 0.3) is 5.91 Å². The van der Waals surface area contributed by atoms with Gasteiger partial charge in [-0.1, -0.05) is 13.8 Å². The fourth-order valence-corrected chi connectivity index (χ4v) is 2.43. The minimum Gasteiger partial charge on any atom is -0.372 e. The van der Waals surface area contributed by atoms with Crippen LogP contribution in [0.25, 0.3) is 0 Å². The summed E-state index contributed by atoms with van der Waals surface area (Å²) in [6, 6.07) is 8.21. The van der Waals surface area contributed by atoms with Crippen molar-refractivity contribution in [2.45, 2.75) is 46.1 Å². The standard InChI is InChI=1S/C17H26N2O/c1-13(2)14(3)18-17(20)15-7-9-16(10-8-15)19-11-5-4-6-12-19/h7-10,13-14H,4-6,11-12H2,1-3H3,(H,18,20)/t14-/m1/s1. The Labute approximate surface area is 122 Å². The van der Waals surface area contributed by atoms with Crippen molar-refractivity contribution in [3.05, 3.63) is 29.8 Å². The fraction of sp³-hybridized carbons (Fsp3) is 0.588. The molecule has 3 nitrogen and oxygen atoms in total. The Morgan fingerprint density at radius 1 is 1.05 bits per heavy atom. The van der Waals surface area contributed by atoms with E-state index in [0.717, 1.165) is 18.7 Å². The van der Waals surface area contributed by atoms with Gasteiger partial charge in [0.05, 0.1) is 0 Å². The van der Waals surface area contributed by atoms with Crippen LogP contribution in [0.1, 0.15) is 50.4 Å². The molecule has 1 amide bonds. The Bertz CT molecular complexity index is 433. The lowest BCUT2D eigenvalue weighted by molar-refractivity contribution is 0.0930. The highest BCUT2D eigenvalue weighted by Crippen LogP contribution is 2.20. The van der Waals surface area contributed by atoms with E-state index in [1.54, 1.807) is 0 Å². The molecule has 1 aromatic carbocycles. The van der Waals surface area contributed by atoms with Gasteiger partial charge in [-0.05, 0) is 56.4 Å². The molecule has 3 heteroatoms. The Balaban J connectivity index is 1.98. The van der Waals surface area contributed by atoms with E-state index in [1.165, 1.54) is 24.9 Å². The van der Waals surface area contributed by atoms with Crippen molar-refractivity contribution in [3.8, 4) is 0 Å². The zero-order valence-electron chi connectivity index (χ0n) is 12.9. The topological polar surface area (TPSA) is 32.3 Å². The van der Waals surface area contributed by atoms with Gasteiger partial charge in [-0.2, -0.15) is 0 Å². The first-order valence-electron chi connectivity index (χ1n) is 7.74. The molecule has 1 saturated heterocycles. The molecule has 20 heavy (non-hydrogen) atoms. The summed E-state index contributed by atoms with van der Waals surface area (Å²) in [5, 5.41) is 3.04. The van der Waals surface area contributed by atoms with E-state index in [-0.39, 0.29) is 11.9 Å². The smallest absolute Gasteiger partial charge is 0.251 e. The van der Waals surface area contributed by atoms with Crippen molar-refractivity contribution in [1.29, 1.82) is 0 Å². The van der Waals surface area contributed by atoms with Crippen LogP contribution in [0.3, 0.4) is 0 Å². The van der Waals surface area contributed by atoms with Gasteiger partial charge in [-0.3, -0.25) is 4.79 Å². The molecule has 1 fully saturated rings. The number of nitrogens with one attached hydrogen (secondary N) is 1. The zero-order chi connectivity index (χ0) is 14.5. The van der Waals surface area contributed by atoms with Gasteiger partial charge in [-0.25, -0.2) is 0 Å². The summed E-state index contributed by atoms with van der Waals surface area (Å²) in [5.74, 6) is 0.475. The maximum absolute atomic E-state index is 12.1. The summed E-state index contributed by atoms with van der Waals surface area (Å²) in [4.78, 5) is 14.5. The molecule has 1 aliphatic rings. The second-order valence-corrected chi connectivity index (χ2v) is 6.10. The lowest BCUT2D eigenvalue weighted by atomic mass is 10.1. The molecule has 0 bridgehead atoms. The summed E-state index contributed by atoms with van der Waals surface area (Å²) >= 11 is 0. The van der Waals surface area contributed by atoms with Crippen LogP contribution in [0.5, 0.6) is 0 Å². The summed E-state index contributed by atoms with van der Waals surface area (Å²) in [6.45, 7) is 8.55. The normalized spacial score (nSPS) is 17.1. The lowest BCUT2D eigenvalue weighted by Gasteiger charge is -2.28. The molecule has 1 aromatic rings. The predicted molar refractivity (Wildman–Crippen MR) is 84.3 cm³/mol. The van der Waals surface area contributed by atoms with Crippen molar-refractivity contribution < 1.29 is 4.79 Å². The largest absolute Gasteiger partial charge is 0.372 e. The average molecular weight is 274 g/mol. The maximum atomic E-state index is 12.1. The second kappa shape index (κ2) is 6.78. The van der Waals surface area contributed by atoms with Crippen LogP contribution < -0.4 is 10.2 Å². The molecule has 0 aliphatic carbocycles. The second-order valence-electron chi connectivity index (χ2n) is 6.10. The van der Waals surface area contributed by atoms with Gasteiger partial charge in [-0.15, -0.1) is 0 Å². The molecule has 0 unspecified atom stereocenters. The maximum Gasteiger partial charge on any atom is 0.251 e. The van der Waals surface area contributed by atoms with Crippen molar-refractivity contribution in [2.75, 3.05) is 18.0 Å². The first kappa shape index (κ1) is 14.9. The number of piperidine rings is 1. The number of nitrogens with zero attached hydrogens (tertiary/aromatic N) is 1. The average Bonchev–Trinajstić information content (AvgIpc) is 2.48. The molecule has 0 saturated carbocycles. The molecule has 0 radical (unpaired) electrons. The van der Waals surface area contributed by atoms with Gasteiger partial charge in [0.1, 0.15) is 0 Å². The first-order valence-corrected chi connectivity index (χ1v) is 7.74. The van der Waals surface area contributed by atoms with Gasteiger partial charge in [0.15, 0.2) is 0 Å². The molecular weight excluding hydrogens is 248 g/mol. The number of benzene rings is 1. The monoisotopic (exact) mass is 274 g/mol. The third-order valence-corrected chi connectivity index (χ3v) is 4.21. The Hall–Kier alpha value is -1.51. The van der Waals surface area contributed by atoms with Gasteiger partial charge >= 0.3 is 0 Å². The number of carbonyl (C=O) groups is 1. The number of anilines is 1. The summed E-state index contributed by atoms with van der Waals surface area (Å²) in [5.41, 5.74) is 1.98. The third kappa shape index (κ3) is 3.75. The Morgan fingerprint density at radius 3 is 2.20 bits per heavy atom. The van der Waals surface area contributed by atoms with Crippen LogP contribution in [0.15, 0.2) is 24.3 Å². The van der Waals surface area contributed by atoms with Gasteiger partial charge in [0, 0.05) is 30.4 Å². The minimum absolute atomic E-state index is 0.0244. The summed E-state index contributed by atoms with van der Waals surface area (Å²) in [6.07, 6.45) is 3.88. The highest BCUT2D eigenvalue weighted by atomic mass is 16.1. The number of hydrogen-bond acceptors (Lipinski definition) is 2. The molecule has 1 atom stereocenters. The number of amides is 1. The first-order chi connectivity index (χ1) is 9.58. The van der Waals surface area contributed by atoms with Crippen molar-refractivity contribution >= 4 is 11.6 Å². The quantitative estimate of drug-likeness (QED) is 0.912. The van der Waals surface area contributed by atoms with E-state index in [0.29, 0.717) is 5.92 Å². The summed E-state index contributed by atoms with van der Waals surface area (Å²) in [7, 11) is 0. The van der Waals surface area contributed by atoms with E-state index in [9.17, 15) is 4.79 Å². The molecule has 110 valence electrons. The summed E-state index contributed by atoms with van der Waals surface area (Å²) < 4.78 is 0. The molecule has 1 heterocycles. The number of hydrogen-bond donors (Lipinski definition) is 1. The number of rotatable bonds is 4. The molecule has 0 spiro atoms. The van der Waals surface area contributed by atoms with Crippen molar-refractivity contribution in [3.63, 3.8) is 0 Å². The van der Waals surface area contributed by atoms with E-state index in [1.807, 2.05) is 19.1 Å². The van der Waals surface area contributed by atoms with Crippen LogP contribution in [-0.2, 0) is 0 Å². The Kier molecular flexibility index (Phi) is 5.05. The predicted octanol–water partition coefficient (Wildman–Crippen LogP) is 3.45. The van der Waals surface area contributed by atoms with E-state index in [4.69, 9.17) is 0 Å². The van der Waals surface area contributed by atoms with Crippen LogP contribution in [0.4, 0.5) is 5.69 Å². The van der Waals surface area contributed by atoms with E-state index >= 15 is 0 Å². The molecule has 1 N–H and O–H groups in total. The highest BCUT2D eigenvalue weighted by molar-refractivity contribution is 5.94.